The van der Waals surface area contributed by atoms with Gasteiger partial charge in [0.25, 0.3) is 5.91 Å². The molecule has 0 aromatic heterocycles. The Balaban J connectivity index is 2.79. The summed E-state index contributed by atoms with van der Waals surface area (Å²) in [7, 11) is 5.32. The van der Waals surface area contributed by atoms with Crippen molar-refractivity contribution in [2.24, 2.45) is 0 Å². The molecular formula is C13H19BrN2O2. The van der Waals surface area contributed by atoms with E-state index in [-0.39, 0.29) is 5.91 Å². The summed E-state index contributed by atoms with van der Waals surface area (Å²) in [6.45, 7) is 2.50. The minimum Gasteiger partial charge on any atom is -0.481 e. The molecule has 1 atom stereocenters. The van der Waals surface area contributed by atoms with Crippen LogP contribution in [0.1, 0.15) is 12.5 Å². The van der Waals surface area contributed by atoms with E-state index < -0.39 is 6.10 Å². The van der Waals surface area contributed by atoms with Crippen LogP contribution in [0.15, 0.2) is 22.7 Å². The Kier molecular flexibility index (Phi) is 5.62. The molecular weight excluding hydrogens is 296 g/mol. The van der Waals surface area contributed by atoms with Crippen LogP contribution >= 0.6 is 15.9 Å². The monoisotopic (exact) mass is 314 g/mol. The molecule has 4 nitrogen and oxygen atoms in total. The highest BCUT2D eigenvalue weighted by Crippen LogP contribution is 2.23. The average molecular weight is 315 g/mol. The van der Waals surface area contributed by atoms with Gasteiger partial charge in [0, 0.05) is 25.1 Å². The first-order chi connectivity index (χ1) is 8.45. The van der Waals surface area contributed by atoms with Gasteiger partial charge >= 0.3 is 0 Å². The molecule has 1 rings (SSSR count). The van der Waals surface area contributed by atoms with Crippen molar-refractivity contribution in [1.82, 2.24) is 10.2 Å². The van der Waals surface area contributed by atoms with Crippen molar-refractivity contribution in [3.05, 3.63) is 28.2 Å². The molecule has 0 spiro atoms. The van der Waals surface area contributed by atoms with E-state index in [1.807, 2.05) is 25.2 Å². The number of carbonyl (C=O) groups excluding carboxylic acids is 1. The summed E-state index contributed by atoms with van der Waals surface area (Å²) in [6, 6.07) is 5.71. The fraction of sp³-hybridized carbons (Fsp3) is 0.462. The van der Waals surface area contributed by atoms with Gasteiger partial charge in [-0.15, -0.1) is 0 Å². The van der Waals surface area contributed by atoms with Gasteiger partial charge in [-0.1, -0.05) is 15.9 Å². The van der Waals surface area contributed by atoms with Crippen LogP contribution in [0.2, 0.25) is 0 Å². The highest BCUT2D eigenvalue weighted by Gasteiger charge is 2.16. The van der Waals surface area contributed by atoms with Crippen molar-refractivity contribution in [3.8, 4) is 5.75 Å². The van der Waals surface area contributed by atoms with Crippen molar-refractivity contribution in [2.45, 2.75) is 19.6 Å². The molecule has 0 aliphatic rings. The molecule has 0 bridgehead atoms. The Morgan fingerprint density at radius 2 is 2.17 bits per heavy atom. The molecule has 1 aromatic rings. The van der Waals surface area contributed by atoms with E-state index in [4.69, 9.17) is 4.74 Å². The predicted octanol–water partition coefficient (Wildman–Crippen LogP) is 2.02. The zero-order valence-corrected chi connectivity index (χ0v) is 12.7. The molecule has 18 heavy (non-hydrogen) atoms. The Labute approximate surface area is 116 Å². The minimum absolute atomic E-state index is 0.0481. The van der Waals surface area contributed by atoms with Gasteiger partial charge < -0.3 is 15.0 Å². The van der Waals surface area contributed by atoms with Crippen LogP contribution in [-0.4, -0.2) is 38.1 Å². The van der Waals surface area contributed by atoms with Crippen molar-refractivity contribution in [3.63, 3.8) is 0 Å². The first kappa shape index (κ1) is 15.0. The lowest BCUT2D eigenvalue weighted by molar-refractivity contribution is -0.135. The average Bonchev–Trinajstić information content (AvgIpc) is 2.32. The number of ether oxygens (including phenoxy) is 1. The standard InChI is InChI=1S/C13H19BrN2O2/c1-9(13(17)16(3)4)18-11-5-6-12(14)10(7-11)8-15-2/h5-7,9,15H,8H2,1-4H3. The van der Waals surface area contributed by atoms with Gasteiger partial charge in [0.05, 0.1) is 0 Å². The third-order valence-electron chi connectivity index (χ3n) is 2.49. The fourth-order valence-corrected chi connectivity index (χ4v) is 1.96. The SMILES string of the molecule is CNCc1cc(OC(C)C(=O)N(C)C)ccc1Br. The molecule has 100 valence electrons. The quantitative estimate of drug-likeness (QED) is 0.904. The Morgan fingerprint density at radius 1 is 1.50 bits per heavy atom. The van der Waals surface area contributed by atoms with Crippen LogP contribution < -0.4 is 10.1 Å². The highest BCUT2D eigenvalue weighted by atomic mass is 79.9. The highest BCUT2D eigenvalue weighted by molar-refractivity contribution is 9.10. The molecule has 0 heterocycles. The lowest BCUT2D eigenvalue weighted by Crippen LogP contribution is -2.35. The van der Waals surface area contributed by atoms with E-state index in [2.05, 4.69) is 21.2 Å². The van der Waals surface area contributed by atoms with Crippen molar-refractivity contribution in [2.75, 3.05) is 21.1 Å². The number of rotatable bonds is 5. The minimum atomic E-state index is -0.483. The van der Waals surface area contributed by atoms with Crippen LogP contribution in [0.3, 0.4) is 0 Å². The predicted molar refractivity (Wildman–Crippen MR) is 75.7 cm³/mol. The van der Waals surface area contributed by atoms with Crippen molar-refractivity contribution < 1.29 is 9.53 Å². The molecule has 1 amide bonds. The molecule has 1 aromatic carbocycles. The van der Waals surface area contributed by atoms with E-state index in [9.17, 15) is 4.79 Å². The summed E-state index contributed by atoms with van der Waals surface area (Å²) in [5.74, 6) is 0.652. The molecule has 1 unspecified atom stereocenters. The molecule has 0 aliphatic heterocycles. The van der Waals surface area contributed by atoms with Gasteiger partial charge in [-0.25, -0.2) is 0 Å². The second-order valence-electron chi connectivity index (χ2n) is 4.28. The molecule has 0 saturated heterocycles. The van der Waals surface area contributed by atoms with E-state index in [1.165, 1.54) is 4.90 Å². The number of likely N-dealkylation sites (N-methyl/N-ethyl adjacent to an activating group) is 1. The lowest BCUT2D eigenvalue weighted by atomic mass is 10.2. The van der Waals surface area contributed by atoms with Gasteiger partial charge in [0.15, 0.2) is 6.10 Å². The first-order valence-electron chi connectivity index (χ1n) is 5.76. The van der Waals surface area contributed by atoms with E-state index >= 15 is 0 Å². The van der Waals surface area contributed by atoms with Gasteiger partial charge in [-0.2, -0.15) is 0 Å². The number of amides is 1. The summed E-state index contributed by atoms with van der Waals surface area (Å²) >= 11 is 3.48. The number of hydrogen-bond donors (Lipinski definition) is 1. The van der Waals surface area contributed by atoms with E-state index in [0.29, 0.717) is 5.75 Å². The fourth-order valence-electron chi connectivity index (χ4n) is 1.57. The van der Waals surface area contributed by atoms with Gasteiger partial charge in [0.1, 0.15) is 5.75 Å². The summed E-state index contributed by atoms with van der Waals surface area (Å²) in [4.78, 5) is 13.2. The van der Waals surface area contributed by atoms with Crippen LogP contribution in [0.25, 0.3) is 0 Å². The Hall–Kier alpha value is -1.07. The van der Waals surface area contributed by atoms with E-state index in [1.54, 1.807) is 21.0 Å². The second-order valence-corrected chi connectivity index (χ2v) is 5.13. The van der Waals surface area contributed by atoms with Crippen LogP contribution in [-0.2, 0) is 11.3 Å². The normalized spacial score (nSPS) is 12.1. The third-order valence-corrected chi connectivity index (χ3v) is 3.26. The van der Waals surface area contributed by atoms with Crippen LogP contribution in [0.4, 0.5) is 0 Å². The molecule has 0 radical (unpaired) electrons. The Morgan fingerprint density at radius 3 is 2.72 bits per heavy atom. The number of benzene rings is 1. The zero-order chi connectivity index (χ0) is 13.7. The number of nitrogens with one attached hydrogen (secondary N) is 1. The maximum Gasteiger partial charge on any atom is 0.262 e. The second kappa shape index (κ2) is 6.75. The van der Waals surface area contributed by atoms with Crippen molar-refractivity contribution in [1.29, 1.82) is 0 Å². The van der Waals surface area contributed by atoms with Crippen LogP contribution in [0.5, 0.6) is 5.75 Å². The number of hydrogen-bond acceptors (Lipinski definition) is 3. The Bertz CT molecular complexity index is 421. The van der Waals surface area contributed by atoms with Gasteiger partial charge in [-0.05, 0) is 37.7 Å². The topological polar surface area (TPSA) is 41.6 Å². The lowest BCUT2D eigenvalue weighted by Gasteiger charge is -2.19. The number of halogens is 1. The van der Waals surface area contributed by atoms with E-state index in [0.717, 1.165) is 16.6 Å². The summed E-state index contributed by atoms with van der Waals surface area (Å²) in [5, 5.41) is 3.09. The molecule has 0 fully saturated rings. The zero-order valence-electron chi connectivity index (χ0n) is 11.2. The maximum absolute atomic E-state index is 11.7. The van der Waals surface area contributed by atoms with Gasteiger partial charge in [0.2, 0.25) is 0 Å². The first-order valence-corrected chi connectivity index (χ1v) is 6.56. The maximum atomic E-state index is 11.7. The molecule has 0 saturated carbocycles. The summed E-state index contributed by atoms with van der Waals surface area (Å²) in [5.41, 5.74) is 1.10. The summed E-state index contributed by atoms with van der Waals surface area (Å²) in [6.07, 6.45) is -0.483. The largest absolute Gasteiger partial charge is 0.481 e. The third kappa shape index (κ3) is 3.99. The van der Waals surface area contributed by atoms with Gasteiger partial charge in [-0.3, -0.25) is 4.79 Å². The van der Waals surface area contributed by atoms with Crippen molar-refractivity contribution >= 4 is 21.8 Å². The molecule has 5 heteroatoms. The van der Waals surface area contributed by atoms with Crippen LogP contribution in [0, 0.1) is 0 Å². The molecule has 0 aliphatic carbocycles. The summed E-state index contributed by atoms with van der Waals surface area (Å²) < 4.78 is 6.66. The number of carbonyl (C=O) groups is 1. The smallest absolute Gasteiger partial charge is 0.262 e. The molecule has 1 N–H and O–H groups in total. The number of nitrogens with zero attached hydrogens (tertiary/aromatic N) is 1.